The lowest BCUT2D eigenvalue weighted by Crippen LogP contribution is -2.24. The molecule has 0 fully saturated rings. The highest BCUT2D eigenvalue weighted by molar-refractivity contribution is 6.28. The Kier molecular flexibility index (Phi) is 5.48. The minimum absolute atomic E-state index is 0.0372. The van der Waals surface area contributed by atoms with Crippen LogP contribution in [0.2, 0.25) is 5.28 Å². The molecule has 0 saturated carbocycles. The van der Waals surface area contributed by atoms with Crippen LogP contribution in [0, 0.1) is 11.8 Å². The van der Waals surface area contributed by atoms with Gasteiger partial charge in [-0.05, 0) is 60.2 Å². The highest BCUT2D eigenvalue weighted by Gasteiger charge is 2.30. The summed E-state index contributed by atoms with van der Waals surface area (Å²) in [5, 5.41) is 0.143. The van der Waals surface area contributed by atoms with Gasteiger partial charge in [-0.15, -0.1) is 0 Å². The van der Waals surface area contributed by atoms with Gasteiger partial charge in [-0.1, -0.05) is 44.2 Å². The van der Waals surface area contributed by atoms with E-state index in [4.69, 9.17) is 16.3 Å². The number of carbonyl (C=O) groups is 1. The number of ether oxygens (including phenoxy) is 1. The van der Waals surface area contributed by atoms with Crippen molar-refractivity contribution >= 4 is 28.4 Å². The first-order chi connectivity index (χ1) is 14.3. The molecule has 0 aliphatic heterocycles. The van der Waals surface area contributed by atoms with Gasteiger partial charge in [0.1, 0.15) is 11.3 Å². The smallest absolute Gasteiger partial charge is 0.248 e. The van der Waals surface area contributed by atoms with Crippen molar-refractivity contribution in [2.45, 2.75) is 34.2 Å². The van der Waals surface area contributed by atoms with Gasteiger partial charge in [-0.25, -0.2) is 4.98 Å². The van der Waals surface area contributed by atoms with Gasteiger partial charge in [0.05, 0.1) is 5.52 Å². The summed E-state index contributed by atoms with van der Waals surface area (Å²) in [5.41, 5.74) is 4.45. The quantitative estimate of drug-likeness (QED) is 0.504. The number of fused-ring (bicyclic) bond motifs is 1. The standard InChI is InChI=1S/C24H24ClN3O2/c1-14-12-19(17(4)29)15(2)16(3)22(14)30-23-21-20(26-24(25)27-23)10-11-28(21)13-18-8-6-5-7-9-18/h5-12,15-16H,13H2,1-4H3. The van der Waals surface area contributed by atoms with E-state index >= 15 is 0 Å². The third-order valence-corrected chi connectivity index (χ3v) is 5.94. The predicted molar refractivity (Wildman–Crippen MR) is 119 cm³/mol. The molecule has 1 aliphatic rings. The number of hydrogen-bond acceptors (Lipinski definition) is 4. The topological polar surface area (TPSA) is 57.0 Å². The van der Waals surface area contributed by atoms with Crippen LogP contribution in [0.5, 0.6) is 5.88 Å². The number of aromatic nitrogens is 3. The van der Waals surface area contributed by atoms with E-state index in [1.54, 1.807) is 6.92 Å². The molecule has 154 valence electrons. The van der Waals surface area contributed by atoms with Crippen molar-refractivity contribution in [3.05, 3.63) is 76.4 Å². The molecular weight excluding hydrogens is 398 g/mol. The monoisotopic (exact) mass is 421 g/mol. The SMILES string of the molecule is CC(=O)C1=CC(C)=C(Oc2nc(Cl)nc3ccn(Cc4ccccc4)c23)C(C)C1C. The maximum Gasteiger partial charge on any atom is 0.248 e. The van der Waals surface area contributed by atoms with Crippen LogP contribution in [0.25, 0.3) is 11.0 Å². The van der Waals surface area contributed by atoms with Crippen LogP contribution >= 0.6 is 11.6 Å². The number of hydrogen-bond donors (Lipinski definition) is 0. The third kappa shape index (κ3) is 3.77. The van der Waals surface area contributed by atoms with E-state index in [2.05, 4.69) is 33.6 Å². The highest BCUT2D eigenvalue weighted by Crippen LogP contribution is 2.37. The van der Waals surface area contributed by atoms with Crippen molar-refractivity contribution in [3.63, 3.8) is 0 Å². The largest absolute Gasteiger partial charge is 0.441 e. The van der Waals surface area contributed by atoms with E-state index in [9.17, 15) is 4.79 Å². The number of halogens is 1. The van der Waals surface area contributed by atoms with Gasteiger partial charge in [0, 0.05) is 18.7 Å². The molecule has 0 radical (unpaired) electrons. The highest BCUT2D eigenvalue weighted by atomic mass is 35.5. The summed E-state index contributed by atoms with van der Waals surface area (Å²) >= 11 is 6.19. The zero-order chi connectivity index (χ0) is 21.4. The summed E-state index contributed by atoms with van der Waals surface area (Å²) in [6.07, 6.45) is 3.89. The van der Waals surface area contributed by atoms with Gasteiger partial charge in [-0.2, -0.15) is 4.98 Å². The first-order valence-corrected chi connectivity index (χ1v) is 10.4. The van der Waals surface area contributed by atoms with E-state index < -0.39 is 0 Å². The van der Waals surface area contributed by atoms with Crippen LogP contribution < -0.4 is 4.74 Å². The van der Waals surface area contributed by atoms with Crippen LogP contribution in [-0.4, -0.2) is 20.3 Å². The average Bonchev–Trinajstić information content (AvgIpc) is 3.11. The van der Waals surface area contributed by atoms with Crippen molar-refractivity contribution in [1.82, 2.24) is 14.5 Å². The van der Waals surface area contributed by atoms with Crippen LogP contribution in [-0.2, 0) is 11.3 Å². The molecule has 3 aromatic rings. The van der Waals surface area contributed by atoms with Crippen LogP contribution in [0.1, 0.15) is 33.3 Å². The van der Waals surface area contributed by atoms with Gasteiger partial charge < -0.3 is 9.30 Å². The van der Waals surface area contributed by atoms with Crippen molar-refractivity contribution in [3.8, 4) is 5.88 Å². The first-order valence-electron chi connectivity index (χ1n) is 10.0. The molecule has 6 heteroatoms. The Morgan fingerprint density at radius 1 is 1.13 bits per heavy atom. The fraction of sp³-hybridized carbons (Fsp3) is 0.292. The fourth-order valence-electron chi connectivity index (χ4n) is 4.02. The second kappa shape index (κ2) is 8.07. The Morgan fingerprint density at radius 3 is 2.57 bits per heavy atom. The lowest BCUT2D eigenvalue weighted by Gasteiger charge is -2.29. The molecule has 0 N–H and O–H groups in total. The van der Waals surface area contributed by atoms with Gasteiger partial charge >= 0.3 is 0 Å². The number of allylic oxidation sites excluding steroid dienone is 4. The molecule has 30 heavy (non-hydrogen) atoms. The molecule has 0 saturated heterocycles. The van der Waals surface area contributed by atoms with E-state index in [0.717, 1.165) is 27.9 Å². The van der Waals surface area contributed by atoms with Crippen molar-refractivity contribution in [2.75, 3.05) is 0 Å². The molecule has 2 heterocycles. The first kappa shape index (κ1) is 20.4. The molecule has 0 bridgehead atoms. The van der Waals surface area contributed by atoms with Crippen LogP contribution in [0.15, 0.2) is 65.6 Å². The summed E-state index contributed by atoms with van der Waals surface area (Å²) in [5.74, 6) is 1.42. The van der Waals surface area contributed by atoms with E-state index in [-0.39, 0.29) is 22.9 Å². The maximum atomic E-state index is 12.0. The van der Waals surface area contributed by atoms with E-state index in [0.29, 0.717) is 12.4 Å². The number of nitrogens with zero attached hydrogens (tertiary/aromatic N) is 3. The second-order valence-corrected chi connectivity index (χ2v) is 8.18. The second-order valence-electron chi connectivity index (χ2n) is 7.84. The average molecular weight is 422 g/mol. The molecule has 2 unspecified atom stereocenters. The molecule has 1 aromatic carbocycles. The summed E-state index contributed by atoms with van der Waals surface area (Å²) in [4.78, 5) is 20.8. The molecular formula is C24H24ClN3O2. The van der Waals surface area contributed by atoms with Gasteiger partial charge in [0.15, 0.2) is 5.78 Å². The maximum absolute atomic E-state index is 12.0. The van der Waals surface area contributed by atoms with Crippen molar-refractivity contribution in [2.24, 2.45) is 11.8 Å². The lowest BCUT2D eigenvalue weighted by atomic mass is 9.79. The molecule has 5 nitrogen and oxygen atoms in total. The minimum atomic E-state index is 0.0372. The number of Topliss-reactive ketones (excluding diaryl/α,β-unsaturated/α-hetero) is 1. The van der Waals surface area contributed by atoms with Gasteiger partial charge in [0.2, 0.25) is 11.2 Å². The zero-order valence-corrected chi connectivity index (χ0v) is 18.3. The summed E-state index contributed by atoms with van der Waals surface area (Å²) in [7, 11) is 0. The third-order valence-electron chi connectivity index (χ3n) is 5.77. The Labute approximate surface area is 181 Å². The van der Waals surface area contributed by atoms with Crippen molar-refractivity contribution in [1.29, 1.82) is 0 Å². The molecule has 2 atom stereocenters. The number of benzene rings is 1. The Hall–Kier alpha value is -2.92. The lowest BCUT2D eigenvalue weighted by molar-refractivity contribution is -0.114. The summed E-state index contributed by atoms with van der Waals surface area (Å²) in [6.45, 7) is 8.36. The van der Waals surface area contributed by atoms with E-state index in [1.807, 2.05) is 50.4 Å². The summed E-state index contributed by atoms with van der Waals surface area (Å²) in [6, 6.07) is 12.1. The van der Waals surface area contributed by atoms with Crippen LogP contribution in [0.4, 0.5) is 0 Å². The van der Waals surface area contributed by atoms with Crippen LogP contribution in [0.3, 0.4) is 0 Å². The Morgan fingerprint density at radius 2 is 1.87 bits per heavy atom. The Bertz CT molecular complexity index is 1180. The molecule has 0 spiro atoms. The van der Waals surface area contributed by atoms with E-state index in [1.165, 1.54) is 5.56 Å². The van der Waals surface area contributed by atoms with Gasteiger partial charge in [0.25, 0.3) is 0 Å². The molecule has 2 aromatic heterocycles. The fourth-order valence-corrected chi connectivity index (χ4v) is 4.19. The summed E-state index contributed by atoms with van der Waals surface area (Å²) < 4.78 is 8.45. The predicted octanol–water partition coefficient (Wildman–Crippen LogP) is 5.59. The van der Waals surface area contributed by atoms with Gasteiger partial charge in [-0.3, -0.25) is 4.79 Å². The molecule has 0 amide bonds. The normalized spacial score (nSPS) is 19.2. The number of rotatable bonds is 5. The number of ketones is 1. The molecule has 1 aliphatic carbocycles. The number of carbonyl (C=O) groups excluding carboxylic acids is 1. The Balaban J connectivity index is 1.78. The minimum Gasteiger partial charge on any atom is -0.441 e. The molecule has 4 rings (SSSR count). The van der Waals surface area contributed by atoms with Crippen molar-refractivity contribution < 1.29 is 9.53 Å². The zero-order valence-electron chi connectivity index (χ0n) is 17.5.